The molecule has 4 N–H and O–H groups in total. The summed E-state index contributed by atoms with van der Waals surface area (Å²) in [5.74, 6) is 0.782. The van der Waals surface area contributed by atoms with E-state index in [2.05, 4.69) is 32.2 Å². The summed E-state index contributed by atoms with van der Waals surface area (Å²) in [4.78, 5) is 35.3. The SMILES string of the molecule is CCC1(c2nc3[nH]c(=O)[nH]c(=O)c3[nH]2)CCCNC1. The molecule has 1 aliphatic rings. The van der Waals surface area contributed by atoms with E-state index in [0.717, 1.165) is 38.2 Å². The van der Waals surface area contributed by atoms with Crippen LogP contribution in [0.5, 0.6) is 0 Å². The Morgan fingerprint density at radius 2 is 2.11 bits per heavy atom. The molecular weight excluding hydrogens is 246 g/mol. The summed E-state index contributed by atoms with van der Waals surface area (Å²) in [6.45, 7) is 3.97. The maximum absolute atomic E-state index is 11.7. The van der Waals surface area contributed by atoms with Gasteiger partial charge in [-0.1, -0.05) is 6.92 Å². The monoisotopic (exact) mass is 263 g/mol. The summed E-state index contributed by atoms with van der Waals surface area (Å²) >= 11 is 0. The van der Waals surface area contributed by atoms with Gasteiger partial charge in [-0.25, -0.2) is 9.78 Å². The fraction of sp³-hybridized carbons (Fsp3) is 0.583. The highest BCUT2D eigenvalue weighted by molar-refractivity contribution is 5.69. The third-order valence-electron chi connectivity index (χ3n) is 4.04. The third kappa shape index (κ3) is 1.90. The van der Waals surface area contributed by atoms with Crippen molar-refractivity contribution >= 4 is 11.2 Å². The summed E-state index contributed by atoms with van der Waals surface area (Å²) in [6, 6.07) is 0. The van der Waals surface area contributed by atoms with E-state index in [0.29, 0.717) is 11.2 Å². The van der Waals surface area contributed by atoms with Gasteiger partial charge < -0.3 is 10.3 Å². The Morgan fingerprint density at radius 1 is 1.26 bits per heavy atom. The fourth-order valence-electron chi connectivity index (χ4n) is 2.82. The first-order chi connectivity index (χ1) is 9.14. The van der Waals surface area contributed by atoms with E-state index < -0.39 is 11.2 Å². The normalized spacial score (nSPS) is 23.8. The molecule has 3 rings (SSSR count). The minimum atomic E-state index is -0.525. The number of H-pyrrole nitrogens is 3. The molecular formula is C12H17N5O2. The van der Waals surface area contributed by atoms with Gasteiger partial charge in [-0.05, 0) is 25.8 Å². The van der Waals surface area contributed by atoms with E-state index >= 15 is 0 Å². The molecule has 1 aliphatic heterocycles. The molecule has 2 aromatic rings. The first-order valence-electron chi connectivity index (χ1n) is 6.58. The average Bonchev–Trinajstić information content (AvgIpc) is 2.84. The van der Waals surface area contributed by atoms with Crippen molar-refractivity contribution in [2.75, 3.05) is 13.1 Å². The van der Waals surface area contributed by atoms with Gasteiger partial charge >= 0.3 is 5.69 Å². The molecule has 19 heavy (non-hydrogen) atoms. The van der Waals surface area contributed by atoms with Crippen molar-refractivity contribution < 1.29 is 0 Å². The molecule has 1 unspecified atom stereocenters. The summed E-state index contributed by atoms with van der Waals surface area (Å²) in [5.41, 5.74) is -0.355. The van der Waals surface area contributed by atoms with E-state index in [-0.39, 0.29) is 5.41 Å². The zero-order chi connectivity index (χ0) is 13.5. The number of rotatable bonds is 2. The number of imidazole rings is 1. The largest absolute Gasteiger partial charge is 0.336 e. The summed E-state index contributed by atoms with van der Waals surface area (Å²) in [7, 11) is 0. The van der Waals surface area contributed by atoms with Gasteiger partial charge in [-0.15, -0.1) is 0 Å². The Morgan fingerprint density at radius 3 is 2.79 bits per heavy atom. The quantitative estimate of drug-likeness (QED) is 0.610. The van der Waals surface area contributed by atoms with Crippen LogP contribution in [0.1, 0.15) is 32.0 Å². The van der Waals surface area contributed by atoms with Crippen LogP contribution in [0.3, 0.4) is 0 Å². The van der Waals surface area contributed by atoms with Gasteiger partial charge in [-0.3, -0.25) is 14.8 Å². The van der Waals surface area contributed by atoms with Crippen LogP contribution in [-0.4, -0.2) is 33.0 Å². The van der Waals surface area contributed by atoms with Gasteiger partial charge in [-0.2, -0.15) is 0 Å². The van der Waals surface area contributed by atoms with Crippen molar-refractivity contribution in [2.45, 2.75) is 31.6 Å². The Hall–Kier alpha value is -1.89. The maximum atomic E-state index is 11.7. The van der Waals surface area contributed by atoms with Crippen molar-refractivity contribution in [3.05, 3.63) is 26.7 Å². The lowest BCUT2D eigenvalue weighted by Gasteiger charge is -2.35. The molecule has 0 radical (unpaired) electrons. The lowest BCUT2D eigenvalue weighted by Crippen LogP contribution is -2.43. The fourth-order valence-corrected chi connectivity index (χ4v) is 2.82. The number of aromatic amines is 3. The standard InChI is InChI=1S/C12H17N5O2/c1-2-12(4-3-5-13-6-12)10-14-7-8(15-10)16-11(19)17-9(7)18/h13H,2-6H2,1H3,(H3,14,15,16,17,18,19). The predicted octanol–water partition coefficient (Wildman–Crippen LogP) is -0.0293. The molecule has 2 aromatic heterocycles. The highest BCUT2D eigenvalue weighted by atomic mass is 16.2. The van der Waals surface area contributed by atoms with Crippen molar-refractivity contribution in [3.63, 3.8) is 0 Å². The van der Waals surface area contributed by atoms with E-state index in [4.69, 9.17) is 0 Å². The van der Waals surface area contributed by atoms with Crippen LogP contribution in [0.4, 0.5) is 0 Å². The molecule has 1 atom stereocenters. The number of hydrogen-bond donors (Lipinski definition) is 4. The van der Waals surface area contributed by atoms with Crippen LogP contribution >= 0.6 is 0 Å². The summed E-state index contributed by atoms with van der Waals surface area (Å²) in [5, 5.41) is 3.38. The number of aromatic nitrogens is 4. The second-order valence-electron chi connectivity index (χ2n) is 5.13. The van der Waals surface area contributed by atoms with Crippen LogP contribution in [0.2, 0.25) is 0 Å². The number of hydrogen-bond acceptors (Lipinski definition) is 4. The number of piperidine rings is 1. The van der Waals surface area contributed by atoms with Crippen molar-refractivity contribution in [1.29, 1.82) is 0 Å². The molecule has 1 saturated heterocycles. The predicted molar refractivity (Wildman–Crippen MR) is 71.4 cm³/mol. The first-order valence-corrected chi connectivity index (χ1v) is 6.58. The molecule has 102 valence electrons. The number of nitrogens with zero attached hydrogens (tertiary/aromatic N) is 1. The lowest BCUT2D eigenvalue weighted by atomic mass is 9.77. The molecule has 0 bridgehead atoms. The van der Waals surface area contributed by atoms with E-state index in [1.54, 1.807) is 0 Å². The average molecular weight is 263 g/mol. The van der Waals surface area contributed by atoms with E-state index in [1.807, 2.05) is 0 Å². The highest BCUT2D eigenvalue weighted by Crippen LogP contribution is 2.32. The zero-order valence-corrected chi connectivity index (χ0v) is 10.8. The second kappa shape index (κ2) is 4.34. The Bertz CT molecular complexity index is 705. The molecule has 1 fully saturated rings. The molecule has 7 heteroatoms. The van der Waals surface area contributed by atoms with Gasteiger partial charge in [0.05, 0.1) is 0 Å². The molecule has 0 aliphatic carbocycles. The van der Waals surface area contributed by atoms with E-state index in [9.17, 15) is 9.59 Å². The minimum Gasteiger partial charge on any atom is -0.336 e. The third-order valence-corrected chi connectivity index (χ3v) is 4.04. The first kappa shape index (κ1) is 12.2. The highest BCUT2D eigenvalue weighted by Gasteiger charge is 2.35. The molecule has 7 nitrogen and oxygen atoms in total. The lowest BCUT2D eigenvalue weighted by molar-refractivity contribution is 0.290. The van der Waals surface area contributed by atoms with E-state index in [1.165, 1.54) is 0 Å². The van der Waals surface area contributed by atoms with Crippen molar-refractivity contribution in [2.24, 2.45) is 0 Å². The summed E-state index contributed by atoms with van der Waals surface area (Å²) in [6.07, 6.45) is 3.04. The number of fused-ring (bicyclic) bond motifs is 1. The van der Waals surface area contributed by atoms with Gasteiger partial charge in [0.1, 0.15) is 11.3 Å². The van der Waals surface area contributed by atoms with Gasteiger partial charge in [0.15, 0.2) is 5.65 Å². The Kier molecular flexibility index (Phi) is 2.78. The molecule has 0 aromatic carbocycles. The van der Waals surface area contributed by atoms with Crippen LogP contribution in [-0.2, 0) is 5.41 Å². The van der Waals surface area contributed by atoms with Gasteiger partial charge in [0.2, 0.25) is 0 Å². The molecule has 0 spiro atoms. The van der Waals surface area contributed by atoms with Crippen LogP contribution in [0.25, 0.3) is 11.2 Å². The maximum Gasteiger partial charge on any atom is 0.327 e. The van der Waals surface area contributed by atoms with Crippen molar-refractivity contribution in [3.8, 4) is 0 Å². The van der Waals surface area contributed by atoms with Crippen LogP contribution < -0.4 is 16.6 Å². The molecule has 0 amide bonds. The zero-order valence-electron chi connectivity index (χ0n) is 10.8. The van der Waals surface area contributed by atoms with Gasteiger partial charge in [0, 0.05) is 12.0 Å². The smallest absolute Gasteiger partial charge is 0.327 e. The van der Waals surface area contributed by atoms with Crippen molar-refractivity contribution in [1.82, 2.24) is 25.3 Å². The minimum absolute atomic E-state index is 0.0827. The Labute approximate surface area is 108 Å². The van der Waals surface area contributed by atoms with Gasteiger partial charge in [0.25, 0.3) is 5.56 Å². The second-order valence-corrected chi connectivity index (χ2v) is 5.13. The van der Waals surface area contributed by atoms with Crippen LogP contribution in [0.15, 0.2) is 9.59 Å². The van der Waals surface area contributed by atoms with Crippen LogP contribution in [0, 0.1) is 0 Å². The topological polar surface area (TPSA) is 106 Å². The summed E-state index contributed by atoms with van der Waals surface area (Å²) < 4.78 is 0. The Balaban J connectivity index is 2.17. The number of nitrogens with one attached hydrogen (secondary N) is 4. The molecule has 3 heterocycles. The molecule has 0 saturated carbocycles.